The van der Waals surface area contributed by atoms with Gasteiger partial charge < -0.3 is 5.11 Å². The highest BCUT2D eigenvalue weighted by atomic mass is 16.3. The van der Waals surface area contributed by atoms with Crippen molar-refractivity contribution < 1.29 is 5.11 Å². The molecule has 20 heavy (non-hydrogen) atoms. The SMILES string of the molecule is CCCCCCCCC(O)/C=C/CCc1ccccc1. The molecule has 1 unspecified atom stereocenters. The van der Waals surface area contributed by atoms with Crippen molar-refractivity contribution in [1.29, 1.82) is 0 Å². The van der Waals surface area contributed by atoms with E-state index in [1.165, 1.54) is 37.7 Å². The van der Waals surface area contributed by atoms with Crippen molar-refractivity contribution in [3.05, 3.63) is 48.0 Å². The molecule has 0 fully saturated rings. The maximum absolute atomic E-state index is 9.86. The molecule has 0 aliphatic heterocycles. The van der Waals surface area contributed by atoms with Gasteiger partial charge in [0.05, 0.1) is 6.10 Å². The normalized spacial score (nSPS) is 12.9. The van der Waals surface area contributed by atoms with Gasteiger partial charge in [0.25, 0.3) is 0 Å². The molecule has 0 spiro atoms. The van der Waals surface area contributed by atoms with Crippen molar-refractivity contribution in [3.8, 4) is 0 Å². The number of hydrogen-bond donors (Lipinski definition) is 1. The molecule has 1 heteroatoms. The lowest BCUT2D eigenvalue weighted by Gasteiger charge is -2.05. The van der Waals surface area contributed by atoms with Gasteiger partial charge in [0.2, 0.25) is 0 Å². The van der Waals surface area contributed by atoms with Gasteiger partial charge in [-0.15, -0.1) is 0 Å². The Morgan fingerprint density at radius 2 is 1.70 bits per heavy atom. The molecule has 1 aromatic rings. The second-order valence-electron chi connectivity index (χ2n) is 5.58. The fourth-order valence-corrected chi connectivity index (χ4v) is 2.38. The molecule has 1 nitrogen and oxygen atoms in total. The van der Waals surface area contributed by atoms with Gasteiger partial charge in [-0.1, -0.05) is 87.9 Å². The maximum Gasteiger partial charge on any atom is 0.0720 e. The summed E-state index contributed by atoms with van der Waals surface area (Å²) in [6, 6.07) is 10.5. The molecule has 0 saturated heterocycles. The van der Waals surface area contributed by atoms with E-state index >= 15 is 0 Å². The van der Waals surface area contributed by atoms with Crippen molar-refractivity contribution in [2.24, 2.45) is 0 Å². The monoisotopic (exact) mass is 274 g/mol. The predicted molar refractivity (Wildman–Crippen MR) is 87.9 cm³/mol. The molecular formula is C19H30O. The molecule has 0 aliphatic carbocycles. The van der Waals surface area contributed by atoms with E-state index in [2.05, 4.69) is 37.3 Å². The highest BCUT2D eigenvalue weighted by Gasteiger charge is 1.98. The van der Waals surface area contributed by atoms with Gasteiger partial charge in [-0.05, 0) is 24.8 Å². The third-order valence-electron chi connectivity index (χ3n) is 3.65. The number of rotatable bonds is 11. The van der Waals surface area contributed by atoms with E-state index in [0.29, 0.717) is 0 Å². The molecule has 1 aromatic carbocycles. The lowest BCUT2D eigenvalue weighted by molar-refractivity contribution is 0.207. The van der Waals surface area contributed by atoms with Crippen molar-refractivity contribution in [2.75, 3.05) is 0 Å². The van der Waals surface area contributed by atoms with Crippen LogP contribution in [0.4, 0.5) is 0 Å². The molecule has 0 radical (unpaired) electrons. The second-order valence-corrected chi connectivity index (χ2v) is 5.58. The van der Waals surface area contributed by atoms with Gasteiger partial charge in [0.15, 0.2) is 0 Å². The van der Waals surface area contributed by atoms with E-state index in [9.17, 15) is 5.11 Å². The molecule has 0 amide bonds. The lowest BCUT2D eigenvalue weighted by atomic mass is 10.1. The molecule has 1 rings (SSSR count). The molecule has 112 valence electrons. The first-order chi connectivity index (χ1) is 9.83. The fourth-order valence-electron chi connectivity index (χ4n) is 2.38. The Morgan fingerprint density at radius 3 is 2.45 bits per heavy atom. The van der Waals surface area contributed by atoms with Crippen LogP contribution < -0.4 is 0 Å². The Hall–Kier alpha value is -1.08. The number of aliphatic hydroxyl groups excluding tert-OH is 1. The van der Waals surface area contributed by atoms with Gasteiger partial charge in [-0.3, -0.25) is 0 Å². The van der Waals surface area contributed by atoms with E-state index in [1.54, 1.807) is 0 Å². The Bertz CT molecular complexity index is 342. The minimum Gasteiger partial charge on any atom is -0.389 e. The van der Waals surface area contributed by atoms with Crippen molar-refractivity contribution in [1.82, 2.24) is 0 Å². The first kappa shape index (κ1) is 17.0. The van der Waals surface area contributed by atoms with Gasteiger partial charge in [0.1, 0.15) is 0 Å². The summed E-state index contributed by atoms with van der Waals surface area (Å²) in [5.41, 5.74) is 1.36. The van der Waals surface area contributed by atoms with Crippen LogP contribution in [0, 0.1) is 0 Å². The summed E-state index contributed by atoms with van der Waals surface area (Å²) in [5.74, 6) is 0. The van der Waals surface area contributed by atoms with Crippen LogP contribution in [-0.4, -0.2) is 11.2 Å². The van der Waals surface area contributed by atoms with Crippen molar-refractivity contribution in [2.45, 2.75) is 70.8 Å². The van der Waals surface area contributed by atoms with Crippen LogP contribution in [0.5, 0.6) is 0 Å². The smallest absolute Gasteiger partial charge is 0.0720 e. The summed E-state index contributed by atoms with van der Waals surface area (Å²) in [5, 5.41) is 9.86. The first-order valence-corrected chi connectivity index (χ1v) is 8.21. The van der Waals surface area contributed by atoms with Crippen LogP contribution in [0.15, 0.2) is 42.5 Å². The summed E-state index contributed by atoms with van der Waals surface area (Å²) in [6.07, 6.45) is 14.5. The van der Waals surface area contributed by atoms with Crippen LogP contribution in [0.25, 0.3) is 0 Å². The summed E-state index contributed by atoms with van der Waals surface area (Å²) in [4.78, 5) is 0. The predicted octanol–water partition coefficient (Wildman–Crippen LogP) is 5.29. The minimum atomic E-state index is -0.253. The largest absolute Gasteiger partial charge is 0.389 e. The van der Waals surface area contributed by atoms with Gasteiger partial charge in [0, 0.05) is 0 Å². The Balaban J connectivity index is 2.01. The summed E-state index contributed by atoms with van der Waals surface area (Å²) < 4.78 is 0. The molecule has 0 aromatic heterocycles. The number of aliphatic hydroxyl groups is 1. The molecule has 1 atom stereocenters. The Morgan fingerprint density at radius 1 is 1.00 bits per heavy atom. The quantitative estimate of drug-likeness (QED) is 0.429. The fraction of sp³-hybridized carbons (Fsp3) is 0.579. The number of allylic oxidation sites excluding steroid dienone is 1. The number of hydrogen-bond acceptors (Lipinski definition) is 1. The number of benzene rings is 1. The van der Waals surface area contributed by atoms with Gasteiger partial charge >= 0.3 is 0 Å². The lowest BCUT2D eigenvalue weighted by Crippen LogP contribution is -2.01. The van der Waals surface area contributed by atoms with Gasteiger partial charge in [-0.25, -0.2) is 0 Å². The highest BCUT2D eigenvalue weighted by molar-refractivity contribution is 5.15. The number of aryl methyl sites for hydroxylation is 1. The molecule has 0 heterocycles. The summed E-state index contributed by atoms with van der Waals surface area (Å²) in [7, 11) is 0. The molecule has 0 aliphatic rings. The van der Waals surface area contributed by atoms with Crippen LogP contribution in [0.1, 0.15) is 63.9 Å². The summed E-state index contributed by atoms with van der Waals surface area (Å²) >= 11 is 0. The Kier molecular flexibility index (Phi) is 9.95. The molecule has 0 saturated carbocycles. The molecular weight excluding hydrogens is 244 g/mol. The van der Waals surface area contributed by atoms with E-state index in [-0.39, 0.29) is 6.10 Å². The number of unbranched alkanes of at least 4 members (excludes halogenated alkanes) is 5. The van der Waals surface area contributed by atoms with Crippen LogP contribution >= 0.6 is 0 Å². The third-order valence-corrected chi connectivity index (χ3v) is 3.65. The minimum absolute atomic E-state index is 0.253. The van der Waals surface area contributed by atoms with Crippen LogP contribution in [0.3, 0.4) is 0 Å². The average molecular weight is 274 g/mol. The van der Waals surface area contributed by atoms with Crippen LogP contribution in [-0.2, 0) is 6.42 Å². The zero-order chi connectivity index (χ0) is 14.5. The standard InChI is InChI=1S/C19H30O/c1-2-3-4-5-6-10-16-19(20)17-12-11-15-18-13-8-7-9-14-18/h7-9,12-14,17,19-20H,2-6,10-11,15-16H2,1H3/b17-12+. The van der Waals surface area contributed by atoms with E-state index in [0.717, 1.165) is 25.7 Å². The second kappa shape index (κ2) is 11.7. The third kappa shape index (κ3) is 8.92. The van der Waals surface area contributed by atoms with Crippen molar-refractivity contribution in [3.63, 3.8) is 0 Å². The molecule has 1 N–H and O–H groups in total. The van der Waals surface area contributed by atoms with E-state index in [4.69, 9.17) is 0 Å². The van der Waals surface area contributed by atoms with Crippen molar-refractivity contribution >= 4 is 0 Å². The highest BCUT2D eigenvalue weighted by Crippen LogP contribution is 2.10. The topological polar surface area (TPSA) is 20.2 Å². The van der Waals surface area contributed by atoms with Gasteiger partial charge in [-0.2, -0.15) is 0 Å². The first-order valence-electron chi connectivity index (χ1n) is 8.21. The average Bonchev–Trinajstić information content (AvgIpc) is 2.48. The van der Waals surface area contributed by atoms with Crippen LogP contribution in [0.2, 0.25) is 0 Å². The molecule has 0 bridgehead atoms. The summed E-state index contributed by atoms with van der Waals surface area (Å²) in [6.45, 7) is 2.24. The van der Waals surface area contributed by atoms with E-state index in [1.807, 2.05) is 12.1 Å². The maximum atomic E-state index is 9.86. The Labute approximate surface area is 124 Å². The zero-order valence-electron chi connectivity index (χ0n) is 12.9. The zero-order valence-corrected chi connectivity index (χ0v) is 12.9. The van der Waals surface area contributed by atoms with E-state index < -0.39 is 0 Å².